The minimum Gasteiger partial charge on any atom is -0.469 e. The molecule has 0 bridgehead atoms. The van der Waals surface area contributed by atoms with Crippen molar-refractivity contribution in [3.05, 3.63) is 0 Å². The molecule has 2 nitrogen and oxygen atoms in total. The standard InChI is InChI=1S/C11H20O2/c1-13-11(12)9-5-8-10-6-3-2-4-7-10/h10H,2-9H2,1H3. The molecular weight excluding hydrogens is 164 g/mol. The minimum absolute atomic E-state index is 0.0594. The van der Waals surface area contributed by atoms with Crippen molar-refractivity contribution in [3.8, 4) is 0 Å². The van der Waals surface area contributed by atoms with Crippen molar-refractivity contribution in [2.45, 2.75) is 51.4 Å². The third-order valence-corrected chi connectivity index (χ3v) is 2.95. The van der Waals surface area contributed by atoms with E-state index in [9.17, 15) is 4.79 Å². The van der Waals surface area contributed by atoms with Crippen LogP contribution < -0.4 is 0 Å². The van der Waals surface area contributed by atoms with Crippen molar-refractivity contribution in [1.82, 2.24) is 0 Å². The van der Waals surface area contributed by atoms with Gasteiger partial charge >= 0.3 is 5.97 Å². The molecule has 2 heteroatoms. The van der Waals surface area contributed by atoms with E-state index in [1.807, 2.05) is 0 Å². The number of rotatable bonds is 4. The Bertz CT molecular complexity index is 148. The number of hydrogen-bond donors (Lipinski definition) is 0. The van der Waals surface area contributed by atoms with E-state index in [0.29, 0.717) is 6.42 Å². The Balaban J connectivity index is 2.01. The molecular formula is C11H20O2. The largest absolute Gasteiger partial charge is 0.469 e. The average Bonchev–Trinajstić information content (AvgIpc) is 2.19. The molecule has 1 rings (SSSR count). The summed E-state index contributed by atoms with van der Waals surface area (Å²) in [6, 6.07) is 0. The fourth-order valence-electron chi connectivity index (χ4n) is 2.11. The van der Waals surface area contributed by atoms with Gasteiger partial charge in [-0.3, -0.25) is 4.79 Å². The highest BCUT2D eigenvalue weighted by molar-refractivity contribution is 5.68. The Morgan fingerprint density at radius 1 is 1.31 bits per heavy atom. The molecule has 0 spiro atoms. The van der Waals surface area contributed by atoms with Crippen LogP contribution in [0.15, 0.2) is 0 Å². The van der Waals surface area contributed by atoms with Crippen LogP contribution in [-0.2, 0) is 9.53 Å². The number of hydrogen-bond acceptors (Lipinski definition) is 2. The maximum atomic E-state index is 10.8. The normalized spacial score (nSPS) is 18.5. The SMILES string of the molecule is COC(=O)CCCC1CCCCC1. The smallest absolute Gasteiger partial charge is 0.305 e. The highest BCUT2D eigenvalue weighted by Crippen LogP contribution is 2.27. The summed E-state index contributed by atoms with van der Waals surface area (Å²) in [6.07, 6.45) is 9.78. The third kappa shape index (κ3) is 4.30. The van der Waals surface area contributed by atoms with Gasteiger partial charge in [-0.2, -0.15) is 0 Å². The summed E-state index contributed by atoms with van der Waals surface area (Å²) in [7, 11) is 1.46. The van der Waals surface area contributed by atoms with Crippen molar-refractivity contribution >= 4 is 5.97 Å². The Kier molecular flexibility index (Phi) is 4.87. The quantitative estimate of drug-likeness (QED) is 0.628. The van der Waals surface area contributed by atoms with Gasteiger partial charge in [0.2, 0.25) is 0 Å². The van der Waals surface area contributed by atoms with Crippen LogP contribution in [0.2, 0.25) is 0 Å². The Hall–Kier alpha value is -0.530. The van der Waals surface area contributed by atoms with E-state index in [1.54, 1.807) is 0 Å². The Labute approximate surface area is 80.7 Å². The second-order valence-electron chi connectivity index (χ2n) is 3.97. The van der Waals surface area contributed by atoms with E-state index in [1.165, 1.54) is 45.6 Å². The summed E-state index contributed by atoms with van der Waals surface area (Å²) >= 11 is 0. The van der Waals surface area contributed by atoms with Gasteiger partial charge in [0.15, 0.2) is 0 Å². The monoisotopic (exact) mass is 184 g/mol. The highest BCUT2D eigenvalue weighted by Gasteiger charge is 2.13. The van der Waals surface area contributed by atoms with Crippen LogP contribution in [-0.4, -0.2) is 13.1 Å². The van der Waals surface area contributed by atoms with E-state index >= 15 is 0 Å². The lowest BCUT2D eigenvalue weighted by molar-refractivity contribution is -0.140. The lowest BCUT2D eigenvalue weighted by Gasteiger charge is -2.20. The fraction of sp³-hybridized carbons (Fsp3) is 0.909. The first-order valence-electron chi connectivity index (χ1n) is 5.39. The zero-order chi connectivity index (χ0) is 9.52. The van der Waals surface area contributed by atoms with Gasteiger partial charge in [-0.05, 0) is 18.8 Å². The van der Waals surface area contributed by atoms with Gasteiger partial charge in [-0.25, -0.2) is 0 Å². The van der Waals surface area contributed by atoms with Gasteiger partial charge < -0.3 is 4.74 Å². The van der Waals surface area contributed by atoms with Crippen LogP contribution in [0, 0.1) is 5.92 Å². The first-order chi connectivity index (χ1) is 6.33. The van der Waals surface area contributed by atoms with Gasteiger partial charge in [0.05, 0.1) is 7.11 Å². The molecule has 0 radical (unpaired) electrons. The summed E-state index contributed by atoms with van der Waals surface area (Å²) in [5.74, 6) is 0.828. The van der Waals surface area contributed by atoms with Crippen molar-refractivity contribution < 1.29 is 9.53 Å². The molecule has 0 N–H and O–H groups in total. The summed E-state index contributed by atoms with van der Waals surface area (Å²) in [4.78, 5) is 10.8. The minimum atomic E-state index is -0.0594. The molecule has 76 valence electrons. The number of carbonyl (C=O) groups is 1. The molecule has 0 unspecified atom stereocenters. The van der Waals surface area contributed by atoms with Crippen LogP contribution >= 0.6 is 0 Å². The molecule has 0 aliphatic heterocycles. The molecule has 1 aliphatic rings. The molecule has 0 heterocycles. The molecule has 0 aromatic heterocycles. The summed E-state index contributed by atoms with van der Waals surface area (Å²) in [5.41, 5.74) is 0. The van der Waals surface area contributed by atoms with E-state index in [2.05, 4.69) is 4.74 Å². The average molecular weight is 184 g/mol. The van der Waals surface area contributed by atoms with Gasteiger partial charge in [0.1, 0.15) is 0 Å². The van der Waals surface area contributed by atoms with Gasteiger partial charge in [-0.15, -0.1) is 0 Å². The molecule has 1 aliphatic carbocycles. The van der Waals surface area contributed by atoms with Crippen molar-refractivity contribution in [3.63, 3.8) is 0 Å². The van der Waals surface area contributed by atoms with E-state index < -0.39 is 0 Å². The second-order valence-corrected chi connectivity index (χ2v) is 3.97. The first-order valence-corrected chi connectivity index (χ1v) is 5.39. The maximum Gasteiger partial charge on any atom is 0.305 e. The molecule has 0 amide bonds. The molecule has 1 fully saturated rings. The Morgan fingerprint density at radius 3 is 2.62 bits per heavy atom. The third-order valence-electron chi connectivity index (χ3n) is 2.95. The zero-order valence-corrected chi connectivity index (χ0v) is 8.55. The van der Waals surface area contributed by atoms with Crippen LogP contribution in [0.1, 0.15) is 51.4 Å². The summed E-state index contributed by atoms with van der Waals surface area (Å²) in [6.45, 7) is 0. The van der Waals surface area contributed by atoms with Crippen LogP contribution in [0.3, 0.4) is 0 Å². The second kappa shape index (κ2) is 6.01. The Morgan fingerprint density at radius 2 is 2.00 bits per heavy atom. The van der Waals surface area contributed by atoms with E-state index in [0.717, 1.165) is 12.3 Å². The van der Waals surface area contributed by atoms with Gasteiger partial charge in [0.25, 0.3) is 0 Å². The van der Waals surface area contributed by atoms with Crippen molar-refractivity contribution in [1.29, 1.82) is 0 Å². The maximum absolute atomic E-state index is 10.8. The molecule has 1 saturated carbocycles. The predicted octanol–water partition coefficient (Wildman–Crippen LogP) is 2.91. The number of esters is 1. The summed E-state index contributed by atoms with van der Waals surface area (Å²) < 4.78 is 4.60. The number of carbonyl (C=O) groups excluding carboxylic acids is 1. The molecule has 0 saturated heterocycles. The van der Waals surface area contributed by atoms with Crippen molar-refractivity contribution in [2.75, 3.05) is 7.11 Å². The topological polar surface area (TPSA) is 26.3 Å². The van der Waals surface area contributed by atoms with Gasteiger partial charge in [-0.1, -0.05) is 32.1 Å². The number of methoxy groups -OCH3 is 1. The van der Waals surface area contributed by atoms with Crippen LogP contribution in [0.4, 0.5) is 0 Å². The van der Waals surface area contributed by atoms with E-state index in [4.69, 9.17) is 0 Å². The van der Waals surface area contributed by atoms with Crippen LogP contribution in [0.25, 0.3) is 0 Å². The predicted molar refractivity (Wildman–Crippen MR) is 52.4 cm³/mol. The summed E-state index contributed by atoms with van der Waals surface area (Å²) in [5, 5.41) is 0. The van der Waals surface area contributed by atoms with Crippen molar-refractivity contribution in [2.24, 2.45) is 5.92 Å². The molecule has 0 atom stereocenters. The van der Waals surface area contributed by atoms with E-state index in [-0.39, 0.29) is 5.97 Å². The number of ether oxygens (including phenoxy) is 1. The molecule has 0 aromatic rings. The molecule has 13 heavy (non-hydrogen) atoms. The lowest BCUT2D eigenvalue weighted by Crippen LogP contribution is -2.07. The first kappa shape index (κ1) is 10.6. The highest BCUT2D eigenvalue weighted by atomic mass is 16.5. The van der Waals surface area contributed by atoms with Crippen LogP contribution in [0.5, 0.6) is 0 Å². The zero-order valence-electron chi connectivity index (χ0n) is 8.55. The lowest BCUT2D eigenvalue weighted by atomic mass is 9.86. The fourth-order valence-corrected chi connectivity index (χ4v) is 2.11. The van der Waals surface area contributed by atoms with Gasteiger partial charge in [0, 0.05) is 6.42 Å². The molecule has 0 aromatic carbocycles.